The van der Waals surface area contributed by atoms with Crippen LogP contribution in [0.25, 0.3) is 0 Å². The molecule has 2 aromatic rings. The van der Waals surface area contributed by atoms with Gasteiger partial charge in [-0.2, -0.15) is 0 Å². The first-order valence-corrected chi connectivity index (χ1v) is 11.2. The van der Waals surface area contributed by atoms with E-state index in [0.717, 1.165) is 12.2 Å². The number of nitrogens with one attached hydrogen (secondary N) is 1. The Kier molecular flexibility index (Phi) is 5.99. The molecule has 0 bridgehead atoms. The molecule has 0 radical (unpaired) electrons. The molecule has 156 valence electrons. The van der Waals surface area contributed by atoms with Crippen LogP contribution < -0.4 is 14.8 Å². The third kappa shape index (κ3) is 4.37. The lowest BCUT2D eigenvalue weighted by Crippen LogP contribution is -2.44. The molecule has 7 nitrogen and oxygen atoms in total. The van der Waals surface area contributed by atoms with Crippen LogP contribution >= 0.6 is 11.8 Å². The number of thioether (sulfide) groups is 1. The Bertz CT molecular complexity index is 871. The molecule has 8 heteroatoms. The highest BCUT2D eigenvalue weighted by molar-refractivity contribution is 7.99. The van der Waals surface area contributed by atoms with Gasteiger partial charge >= 0.3 is 0 Å². The lowest BCUT2D eigenvalue weighted by atomic mass is 9.78. The van der Waals surface area contributed by atoms with Crippen molar-refractivity contribution < 1.29 is 14.3 Å². The fourth-order valence-corrected chi connectivity index (χ4v) is 4.77. The number of para-hydroxylation sites is 2. The first-order valence-electron chi connectivity index (χ1n) is 10.2. The van der Waals surface area contributed by atoms with Crippen molar-refractivity contribution >= 4 is 17.7 Å². The summed E-state index contributed by atoms with van der Waals surface area (Å²) in [5.41, 5.74) is 0. The average Bonchev–Trinajstić information content (AvgIpc) is 3.10. The Morgan fingerprint density at radius 1 is 1.24 bits per heavy atom. The van der Waals surface area contributed by atoms with Gasteiger partial charge in [-0.25, -0.2) is 0 Å². The number of benzene rings is 1. The molecular weight excluding hydrogens is 388 g/mol. The van der Waals surface area contributed by atoms with Gasteiger partial charge in [0.05, 0.1) is 5.75 Å². The van der Waals surface area contributed by atoms with Crippen LogP contribution in [0.1, 0.15) is 45.0 Å². The first-order chi connectivity index (χ1) is 14.0. The molecule has 2 aliphatic rings. The lowest BCUT2D eigenvalue weighted by Gasteiger charge is -2.34. The molecule has 29 heavy (non-hydrogen) atoms. The number of carbonyl (C=O) groups excluding carboxylic acids is 1. The largest absolute Gasteiger partial charge is 0.485 e. The van der Waals surface area contributed by atoms with Gasteiger partial charge in [0.1, 0.15) is 6.61 Å². The van der Waals surface area contributed by atoms with Gasteiger partial charge in [-0.3, -0.25) is 4.79 Å². The van der Waals surface area contributed by atoms with Gasteiger partial charge in [0.2, 0.25) is 5.91 Å². The minimum atomic E-state index is -0.324. The van der Waals surface area contributed by atoms with Crippen molar-refractivity contribution in [1.29, 1.82) is 0 Å². The van der Waals surface area contributed by atoms with Crippen LogP contribution in [0.5, 0.6) is 11.5 Å². The zero-order chi connectivity index (χ0) is 20.4. The van der Waals surface area contributed by atoms with Crippen molar-refractivity contribution in [3.63, 3.8) is 0 Å². The normalized spacial score (nSPS) is 26.2. The minimum absolute atomic E-state index is 0.0525. The number of amides is 1. The number of hydrogen-bond acceptors (Lipinski definition) is 6. The minimum Gasteiger partial charge on any atom is -0.485 e. The molecule has 4 atom stereocenters. The Morgan fingerprint density at radius 2 is 2.03 bits per heavy atom. The molecule has 0 saturated heterocycles. The van der Waals surface area contributed by atoms with Gasteiger partial charge in [0, 0.05) is 13.1 Å². The molecule has 1 aliphatic heterocycles. The highest BCUT2D eigenvalue weighted by atomic mass is 32.2. The molecule has 1 saturated carbocycles. The van der Waals surface area contributed by atoms with Gasteiger partial charge in [-0.1, -0.05) is 50.6 Å². The summed E-state index contributed by atoms with van der Waals surface area (Å²) in [6, 6.07) is 7.87. The Morgan fingerprint density at radius 3 is 2.86 bits per heavy atom. The van der Waals surface area contributed by atoms with E-state index in [9.17, 15) is 4.79 Å². The van der Waals surface area contributed by atoms with Crippen molar-refractivity contribution in [2.45, 2.75) is 50.4 Å². The van der Waals surface area contributed by atoms with E-state index in [1.807, 2.05) is 35.9 Å². The maximum Gasteiger partial charge on any atom is 0.230 e. The summed E-state index contributed by atoms with van der Waals surface area (Å²) < 4.78 is 13.7. The zero-order valence-electron chi connectivity index (χ0n) is 17.1. The zero-order valence-corrected chi connectivity index (χ0v) is 17.9. The van der Waals surface area contributed by atoms with Gasteiger partial charge in [-0.05, 0) is 30.4 Å². The van der Waals surface area contributed by atoms with Gasteiger partial charge in [0.15, 0.2) is 28.6 Å². The molecular formula is C21H28N4O3S. The summed E-state index contributed by atoms with van der Waals surface area (Å²) in [6.07, 6.45) is 3.18. The van der Waals surface area contributed by atoms with Crippen molar-refractivity contribution in [1.82, 2.24) is 20.1 Å². The van der Waals surface area contributed by atoms with E-state index in [1.165, 1.54) is 24.6 Å². The number of hydrogen-bond donors (Lipinski definition) is 1. The van der Waals surface area contributed by atoms with E-state index >= 15 is 0 Å². The van der Waals surface area contributed by atoms with Crippen molar-refractivity contribution in [3.8, 4) is 11.5 Å². The molecule has 0 unspecified atom stereocenters. The molecule has 1 aromatic heterocycles. The van der Waals surface area contributed by atoms with E-state index in [0.29, 0.717) is 40.9 Å². The Balaban J connectivity index is 1.34. The van der Waals surface area contributed by atoms with Crippen LogP contribution in [-0.2, 0) is 11.8 Å². The Hall–Kier alpha value is -2.22. The SMILES string of the molecule is C[C@@H]1[C@H](C)CCC[C@@H]1NC(=O)CSc1nnc([C@H]2COc3ccccc3O2)n1C. The third-order valence-corrected chi connectivity index (χ3v) is 7.07. The molecule has 1 fully saturated rings. The van der Waals surface area contributed by atoms with Crippen molar-refractivity contribution in [2.24, 2.45) is 18.9 Å². The summed E-state index contributed by atoms with van der Waals surface area (Å²) >= 11 is 1.40. The number of rotatable bonds is 5. The van der Waals surface area contributed by atoms with Crippen LogP contribution in [0.3, 0.4) is 0 Å². The maximum absolute atomic E-state index is 12.5. The molecule has 1 amide bonds. The maximum atomic E-state index is 12.5. The summed E-state index contributed by atoms with van der Waals surface area (Å²) in [4.78, 5) is 12.5. The number of ether oxygens (including phenoxy) is 2. The van der Waals surface area contributed by atoms with Gasteiger partial charge in [-0.15, -0.1) is 10.2 Å². The fourth-order valence-electron chi connectivity index (χ4n) is 4.04. The van der Waals surface area contributed by atoms with Gasteiger partial charge in [0.25, 0.3) is 0 Å². The first kappa shape index (κ1) is 20.1. The summed E-state index contributed by atoms with van der Waals surface area (Å²) in [6.45, 7) is 4.89. The third-order valence-electron chi connectivity index (χ3n) is 6.05. The Labute approximate surface area is 175 Å². The van der Waals surface area contributed by atoms with E-state index in [1.54, 1.807) is 0 Å². The predicted molar refractivity (Wildman–Crippen MR) is 111 cm³/mol. The monoisotopic (exact) mass is 416 g/mol. The van der Waals surface area contributed by atoms with E-state index in [4.69, 9.17) is 9.47 Å². The molecule has 1 aliphatic carbocycles. The van der Waals surface area contributed by atoms with Crippen LogP contribution in [0.15, 0.2) is 29.4 Å². The topological polar surface area (TPSA) is 78.3 Å². The van der Waals surface area contributed by atoms with Crippen LogP contribution in [-0.4, -0.2) is 39.1 Å². The predicted octanol–water partition coefficient (Wildman–Crippen LogP) is 3.36. The van der Waals surface area contributed by atoms with E-state index < -0.39 is 0 Å². The highest BCUT2D eigenvalue weighted by Crippen LogP contribution is 2.36. The van der Waals surface area contributed by atoms with E-state index in [2.05, 4.69) is 29.4 Å². The average molecular weight is 417 g/mol. The smallest absolute Gasteiger partial charge is 0.230 e. The second kappa shape index (κ2) is 8.65. The fraction of sp³-hybridized carbons (Fsp3) is 0.571. The summed E-state index contributed by atoms with van der Waals surface area (Å²) in [7, 11) is 1.89. The number of carbonyl (C=O) groups is 1. The van der Waals surface area contributed by atoms with Crippen LogP contribution in [0.2, 0.25) is 0 Å². The molecule has 2 heterocycles. The highest BCUT2D eigenvalue weighted by Gasteiger charge is 2.29. The van der Waals surface area contributed by atoms with Gasteiger partial charge < -0.3 is 19.4 Å². The number of fused-ring (bicyclic) bond motifs is 1. The standard InChI is InChI=1S/C21H28N4O3S/c1-13-7-6-8-15(14(13)2)22-19(26)12-29-21-24-23-20(25(21)3)18-11-27-16-9-4-5-10-17(16)28-18/h4-5,9-10,13-15,18H,6-8,11-12H2,1-3H3,(H,22,26)/t13-,14-,15+,18-/m1/s1. The number of nitrogens with zero attached hydrogens (tertiary/aromatic N) is 3. The lowest BCUT2D eigenvalue weighted by molar-refractivity contribution is -0.120. The summed E-state index contributed by atoms with van der Waals surface area (Å²) in [5.74, 6) is 3.69. The molecule has 4 rings (SSSR count). The quantitative estimate of drug-likeness (QED) is 0.753. The molecule has 1 aromatic carbocycles. The molecule has 1 N–H and O–H groups in total. The second-order valence-corrected chi connectivity index (χ2v) is 8.94. The van der Waals surface area contributed by atoms with Crippen LogP contribution in [0.4, 0.5) is 0 Å². The van der Waals surface area contributed by atoms with Crippen molar-refractivity contribution in [3.05, 3.63) is 30.1 Å². The van der Waals surface area contributed by atoms with Crippen LogP contribution in [0, 0.1) is 11.8 Å². The molecule has 0 spiro atoms. The number of aromatic nitrogens is 3. The van der Waals surface area contributed by atoms with E-state index in [-0.39, 0.29) is 18.1 Å². The second-order valence-electron chi connectivity index (χ2n) is 7.99. The summed E-state index contributed by atoms with van der Waals surface area (Å²) in [5, 5.41) is 12.4. The van der Waals surface area contributed by atoms with Crippen molar-refractivity contribution in [2.75, 3.05) is 12.4 Å².